The Kier molecular flexibility index (Phi) is 7.07. The molecule has 2 N–H and O–H groups in total. The number of carbonyl (C=O) groups excluding carboxylic acids is 1. The largest absolute Gasteiger partial charge is 0.348 e. The molecule has 2 atom stereocenters. The van der Waals surface area contributed by atoms with E-state index in [1.807, 2.05) is 11.8 Å². The number of carbonyl (C=O) groups is 1. The van der Waals surface area contributed by atoms with Crippen molar-refractivity contribution in [2.75, 3.05) is 18.1 Å². The SMILES string of the molecule is CCC(CC)C(NC(=O)CC1CSCCN1)c1cccs1. The second-order valence-corrected chi connectivity index (χ2v) is 7.70. The van der Waals surface area contributed by atoms with Gasteiger partial charge in [-0.25, -0.2) is 0 Å². The van der Waals surface area contributed by atoms with Crippen molar-refractivity contribution in [1.29, 1.82) is 0 Å². The van der Waals surface area contributed by atoms with Gasteiger partial charge in [0.25, 0.3) is 0 Å². The van der Waals surface area contributed by atoms with Crippen molar-refractivity contribution < 1.29 is 4.79 Å². The summed E-state index contributed by atoms with van der Waals surface area (Å²) in [5, 5.41) is 8.82. The minimum atomic E-state index is 0.170. The van der Waals surface area contributed by atoms with Gasteiger partial charge in [-0.15, -0.1) is 11.3 Å². The third kappa shape index (κ3) is 5.01. The van der Waals surface area contributed by atoms with Crippen molar-refractivity contribution in [1.82, 2.24) is 10.6 Å². The minimum absolute atomic E-state index is 0.170. The van der Waals surface area contributed by atoms with Gasteiger partial charge in [0.1, 0.15) is 0 Å². The molecule has 0 radical (unpaired) electrons. The van der Waals surface area contributed by atoms with Crippen molar-refractivity contribution in [3.63, 3.8) is 0 Å². The number of hydrogen-bond acceptors (Lipinski definition) is 4. The first-order valence-electron chi connectivity index (χ1n) is 7.88. The molecule has 2 rings (SSSR count). The van der Waals surface area contributed by atoms with Crippen LogP contribution in [0.5, 0.6) is 0 Å². The van der Waals surface area contributed by atoms with E-state index in [1.165, 1.54) is 4.88 Å². The van der Waals surface area contributed by atoms with Crippen LogP contribution < -0.4 is 10.6 Å². The zero-order valence-electron chi connectivity index (χ0n) is 12.9. The highest BCUT2D eigenvalue weighted by Gasteiger charge is 2.25. The first-order chi connectivity index (χ1) is 10.2. The lowest BCUT2D eigenvalue weighted by Gasteiger charge is -2.28. The standard InChI is InChI=1S/C16H26N2OS2/c1-3-12(4-2)16(14-6-5-8-21-14)18-15(19)10-13-11-20-9-7-17-13/h5-6,8,12-13,16-17H,3-4,7,9-11H2,1-2H3,(H,18,19). The predicted octanol–water partition coefficient (Wildman–Crippen LogP) is 3.44. The third-order valence-electron chi connectivity index (χ3n) is 4.12. The number of rotatable bonds is 7. The van der Waals surface area contributed by atoms with Crippen LogP contribution in [0.2, 0.25) is 0 Å². The van der Waals surface area contributed by atoms with Gasteiger partial charge in [0, 0.05) is 35.4 Å². The average molecular weight is 327 g/mol. The molecule has 1 saturated heterocycles. The van der Waals surface area contributed by atoms with E-state index in [2.05, 4.69) is 42.0 Å². The normalized spacial score (nSPS) is 20.4. The Bertz CT molecular complexity index is 412. The molecule has 1 amide bonds. The number of thioether (sulfide) groups is 1. The Morgan fingerprint density at radius 2 is 2.29 bits per heavy atom. The molecule has 21 heavy (non-hydrogen) atoms. The Labute approximate surface area is 136 Å². The summed E-state index contributed by atoms with van der Waals surface area (Å²) >= 11 is 3.68. The summed E-state index contributed by atoms with van der Waals surface area (Å²) < 4.78 is 0. The Balaban J connectivity index is 1.95. The van der Waals surface area contributed by atoms with Crippen molar-refractivity contribution in [3.8, 4) is 0 Å². The maximum Gasteiger partial charge on any atom is 0.222 e. The summed E-state index contributed by atoms with van der Waals surface area (Å²) in [7, 11) is 0. The van der Waals surface area contributed by atoms with Gasteiger partial charge in [0.05, 0.1) is 6.04 Å². The molecule has 1 aromatic heterocycles. The topological polar surface area (TPSA) is 41.1 Å². The molecule has 1 aliphatic heterocycles. The van der Waals surface area contributed by atoms with Crippen LogP contribution >= 0.6 is 23.1 Å². The van der Waals surface area contributed by atoms with Crippen LogP contribution in [0, 0.1) is 5.92 Å². The smallest absolute Gasteiger partial charge is 0.222 e. The van der Waals surface area contributed by atoms with Crippen LogP contribution in [-0.2, 0) is 4.79 Å². The highest BCUT2D eigenvalue weighted by atomic mass is 32.2. The monoisotopic (exact) mass is 326 g/mol. The summed E-state index contributed by atoms with van der Waals surface area (Å²) in [6.07, 6.45) is 2.78. The van der Waals surface area contributed by atoms with E-state index in [1.54, 1.807) is 11.3 Å². The minimum Gasteiger partial charge on any atom is -0.348 e. The van der Waals surface area contributed by atoms with Gasteiger partial charge in [-0.2, -0.15) is 11.8 Å². The van der Waals surface area contributed by atoms with E-state index in [-0.39, 0.29) is 11.9 Å². The molecular weight excluding hydrogens is 300 g/mol. The molecule has 1 aromatic rings. The van der Waals surface area contributed by atoms with Crippen LogP contribution in [0.4, 0.5) is 0 Å². The van der Waals surface area contributed by atoms with E-state index in [0.29, 0.717) is 18.4 Å². The fraction of sp³-hybridized carbons (Fsp3) is 0.688. The van der Waals surface area contributed by atoms with Gasteiger partial charge in [-0.05, 0) is 17.4 Å². The van der Waals surface area contributed by atoms with Gasteiger partial charge >= 0.3 is 0 Å². The molecule has 0 aromatic carbocycles. The Morgan fingerprint density at radius 3 is 2.86 bits per heavy atom. The Morgan fingerprint density at radius 1 is 1.48 bits per heavy atom. The van der Waals surface area contributed by atoms with Crippen LogP contribution in [0.25, 0.3) is 0 Å². The number of hydrogen-bond donors (Lipinski definition) is 2. The molecule has 3 nitrogen and oxygen atoms in total. The molecular formula is C16H26N2OS2. The van der Waals surface area contributed by atoms with Crippen LogP contribution in [-0.4, -0.2) is 30.0 Å². The third-order valence-corrected chi connectivity index (χ3v) is 6.20. The number of thiophene rings is 1. The van der Waals surface area contributed by atoms with Crippen molar-refractivity contribution in [2.45, 2.75) is 45.2 Å². The average Bonchev–Trinajstić information content (AvgIpc) is 3.02. The maximum atomic E-state index is 12.4. The predicted molar refractivity (Wildman–Crippen MR) is 93.0 cm³/mol. The van der Waals surface area contributed by atoms with Gasteiger partial charge in [-0.1, -0.05) is 32.8 Å². The second kappa shape index (κ2) is 8.81. The molecule has 118 valence electrons. The van der Waals surface area contributed by atoms with Gasteiger partial charge < -0.3 is 10.6 Å². The molecule has 0 bridgehead atoms. The van der Waals surface area contributed by atoms with E-state index in [4.69, 9.17) is 0 Å². The van der Waals surface area contributed by atoms with E-state index in [0.717, 1.165) is 30.9 Å². The van der Waals surface area contributed by atoms with Crippen LogP contribution in [0.3, 0.4) is 0 Å². The fourth-order valence-electron chi connectivity index (χ4n) is 2.86. The lowest BCUT2D eigenvalue weighted by molar-refractivity contribution is -0.122. The quantitative estimate of drug-likeness (QED) is 0.806. The van der Waals surface area contributed by atoms with E-state index < -0.39 is 0 Å². The molecule has 1 fully saturated rings. The molecule has 1 aliphatic rings. The van der Waals surface area contributed by atoms with Gasteiger partial charge in [0.2, 0.25) is 5.91 Å². The van der Waals surface area contributed by atoms with Gasteiger partial charge in [0.15, 0.2) is 0 Å². The molecule has 5 heteroatoms. The lowest BCUT2D eigenvalue weighted by atomic mass is 9.92. The van der Waals surface area contributed by atoms with Crippen molar-refractivity contribution >= 4 is 29.0 Å². The highest BCUT2D eigenvalue weighted by molar-refractivity contribution is 7.99. The zero-order chi connectivity index (χ0) is 15.1. The van der Waals surface area contributed by atoms with Crippen molar-refractivity contribution in [3.05, 3.63) is 22.4 Å². The second-order valence-electron chi connectivity index (χ2n) is 5.57. The molecule has 0 spiro atoms. The Hall–Kier alpha value is -0.520. The molecule has 0 saturated carbocycles. The molecule has 2 heterocycles. The zero-order valence-corrected chi connectivity index (χ0v) is 14.6. The van der Waals surface area contributed by atoms with E-state index >= 15 is 0 Å². The van der Waals surface area contributed by atoms with Crippen LogP contribution in [0.1, 0.15) is 44.0 Å². The first-order valence-corrected chi connectivity index (χ1v) is 9.91. The maximum absolute atomic E-state index is 12.4. The summed E-state index contributed by atoms with van der Waals surface area (Å²) in [4.78, 5) is 13.7. The van der Waals surface area contributed by atoms with Crippen LogP contribution in [0.15, 0.2) is 17.5 Å². The van der Waals surface area contributed by atoms with E-state index in [9.17, 15) is 4.79 Å². The summed E-state index contributed by atoms with van der Waals surface area (Å²) in [5.74, 6) is 2.90. The molecule has 2 unspecified atom stereocenters. The lowest BCUT2D eigenvalue weighted by Crippen LogP contribution is -2.42. The highest BCUT2D eigenvalue weighted by Crippen LogP contribution is 2.30. The van der Waals surface area contributed by atoms with Crippen molar-refractivity contribution in [2.24, 2.45) is 5.92 Å². The summed E-state index contributed by atoms with van der Waals surface area (Å²) in [6, 6.07) is 4.71. The van der Waals surface area contributed by atoms with Gasteiger partial charge in [-0.3, -0.25) is 4.79 Å². The number of nitrogens with one attached hydrogen (secondary N) is 2. The number of amides is 1. The summed E-state index contributed by atoms with van der Waals surface area (Å²) in [6.45, 7) is 5.43. The fourth-order valence-corrected chi connectivity index (χ4v) is 4.68. The first kappa shape index (κ1) is 16.8. The summed E-state index contributed by atoms with van der Waals surface area (Å²) in [5.41, 5.74) is 0. The molecule has 0 aliphatic carbocycles.